The van der Waals surface area contributed by atoms with Crippen molar-refractivity contribution in [2.75, 3.05) is 12.4 Å². The Labute approximate surface area is 98.8 Å². The first kappa shape index (κ1) is 11.4. The number of aromatic nitrogens is 2. The Hall–Kier alpha value is -2.04. The topological polar surface area (TPSA) is 49.9 Å². The number of nitrogens with one attached hydrogen (secondary N) is 2. The standard InChI is InChI=1S/C12H14FN3O/c1-8(10-5-6-14-16-10)15-11-4-3-9(13)7-12(11)17-2/h3-8,15H,1-2H3,(H,14,16). The van der Waals surface area contributed by atoms with E-state index in [4.69, 9.17) is 4.74 Å². The van der Waals surface area contributed by atoms with E-state index in [1.165, 1.54) is 19.2 Å². The van der Waals surface area contributed by atoms with Gasteiger partial charge in [-0.25, -0.2) is 4.39 Å². The van der Waals surface area contributed by atoms with Crippen LogP contribution in [0.4, 0.5) is 10.1 Å². The number of methoxy groups -OCH3 is 1. The molecule has 0 aliphatic rings. The van der Waals surface area contributed by atoms with Gasteiger partial charge in [0.25, 0.3) is 0 Å². The predicted octanol–water partition coefficient (Wildman–Crippen LogP) is 2.73. The lowest BCUT2D eigenvalue weighted by atomic mass is 10.2. The highest BCUT2D eigenvalue weighted by Gasteiger charge is 2.10. The third kappa shape index (κ3) is 2.55. The van der Waals surface area contributed by atoms with Crippen LogP contribution in [0.5, 0.6) is 5.75 Å². The molecule has 5 heteroatoms. The van der Waals surface area contributed by atoms with Crippen LogP contribution in [0.15, 0.2) is 30.5 Å². The number of nitrogens with zero attached hydrogens (tertiary/aromatic N) is 1. The molecule has 1 aromatic heterocycles. The lowest BCUT2D eigenvalue weighted by Crippen LogP contribution is -2.08. The lowest BCUT2D eigenvalue weighted by Gasteiger charge is -2.16. The Morgan fingerprint density at radius 3 is 2.88 bits per heavy atom. The molecule has 1 unspecified atom stereocenters. The molecular formula is C12H14FN3O. The van der Waals surface area contributed by atoms with E-state index in [-0.39, 0.29) is 11.9 Å². The van der Waals surface area contributed by atoms with Gasteiger partial charge < -0.3 is 10.1 Å². The Morgan fingerprint density at radius 2 is 2.24 bits per heavy atom. The van der Waals surface area contributed by atoms with Crippen molar-refractivity contribution in [3.8, 4) is 5.75 Å². The van der Waals surface area contributed by atoms with E-state index >= 15 is 0 Å². The second-order valence-electron chi connectivity index (χ2n) is 3.72. The molecule has 1 atom stereocenters. The SMILES string of the molecule is COc1cc(F)ccc1NC(C)c1ccn[nH]1. The van der Waals surface area contributed by atoms with Crippen molar-refractivity contribution >= 4 is 5.69 Å². The molecule has 0 amide bonds. The van der Waals surface area contributed by atoms with Crippen LogP contribution >= 0.6 is 0 Å². The summed E-state index contributed by atoms with van der Waals surface area (Å²) in [4.78, 5) is 0. The average molecular weight is 235 g/mol. The molecule has 2 N–H and O–H groups in total. The summed E-state index contributed by atoms with van der Waals surface area (Å²) in [6.45, 7) is 1.98. The van der Waals surface area contributed by atoms with Gasteiger partial charge >= 0.3 is 0 Å². The third-order valence-electron chi connectivity index (χ3n) is 2.52. The Bertz CT molecular complexity index is 485. The van der Waals surface area contributed by atoms with Crippen LogP contribution < -0.4 is 10.1 Å². The van der Waals surface area contributed by atoms with Gasteiger partial charge in [-0.3, -0.25) is 5.10 Å². The molecule has 17 heavy (non-hydrogen) atoms. The summed E-state index contributed by atoms with van der Waals surface area (Å²) in [5, 5.41) is 9.99. The molecule has 0 radical (unpaired) electrons. The zero-order valence-electron chi connectivity index (χ0n) is 9.70. The number of aromatic amines is 1. The van der Waals surface area contributed by atoms with Crippen LogP contribution in [0.2, 0.25) is 0 Å². The van der Waals surface area contributed by atoms with E-state index in [9.17, 15) is 4.39 Å². The fraction of sp³-hybridized carbons (Fsp3) is 0.250. The Kier molecular flexibility index (Phi) is 3.27. The molecule has 0 saturated carbocycles. The van der Waals surface area contributed by atoms with Crippen molar-refractivity contribution in [3.63, 3.8) is 0 Å². The van der Waals surface area contributed by atoms with E-state index in [2.05, 4.69) is 15.5 Å². The monoisotopic (exact) mass is 235 g/mol. The third-order valence-corrected chi connectivity index (χ3v) is 2.52. The smallest absolute Gasteiger partial charge is 0.144 e. The van der Waals surface area contributed by atoms with Gasteiger partial charge in [0.2, 0.25) is 0 Å². The van der Waals surface area contributed by atoms with Gasteiger partial charge in [-0.2, -0.15) is 5.10 Å². The van der Waals surface area contributed by atoms with Crippen LogP contribution in [-0.2, 0) is 0 Å². The summed E-state index contributed by atoms with van der Waals surface area (Å²) in [5.41, 5.74) is 1.70. The normalized spacial score (nSPS) is 12.2. The Morgan fingerprint density at radius 1 is 1.41 bits per heavy atom. The van der Waals surface area contributed by atoms with E-state index in [0.29, 0.717) is 5.75 Å². The van der Waals surface area contributed by atoms with E-state index in [0.717, 1.165) is 11.4 Å². The molecule has 0 spiro atoms. The molecule has 0 fully saturated rings. The molecular weight excluding hydrogens is 221 g/mol. The molecule has 0 aliphatic heterocycles. The van der Waals surface area contributed by atoms with Crippen molar-refractivity contribution in [1.82, 2.24) is 10.2 Å². The molecule has 0 aliphatic carbocycles. The minimum atomic E-state index is -0.318. The number of rotatable bonds is 4. The average Bonchev–Trinajstić information content (AvgIpc) is 2.85. The highest BCUT2D eigenvalue weighted by Crippen LogP contribution is 2.28. The maximum atomic E-state index is 13.0. The van der Waals surface area contributed by atoms with Crippen LogP contribution in [-0.4, -0.2) is 17.3 Å². The molecule has 4 nitrogen and oxygen atoms in total. The number of H-pyrrole nitrogens is 1. The summed E-state index contributed by atoms with van der Waals surface area (Å²) in [6.07, 6.45) is 1.69. The van der Waals surface area contributed by atoms with Gasteiger partial charge in [-0.15, -0.1) is 0 Å². The van der Waals surface area contributed by atoms with Crippen molar-refractivity contribution in [3.05, 3.63) is 42.0 Å². The summed E-state index contributed by atoms with van der Waals surface area (Å²) in [5.74, 6) is 0.165. The molecule has 1 aromatic carbocycles. The number of hydrogen-bond acceptors (Lipinski definition) is 3. The fourth-order valence-electron chi connectivity index (χ4n) is 1.60. The maximum absolute atomic E-state index is 13.0. The second-order valence-corrected chi connectivity index (χ2v) is 3.72. The van der Waals surface area contributed by atoms with Gasteiger partial charge in [0.1, 0.15) is 11.6 Å². The number of benzene rings is 1. The summed E-state index contributed by atoms with van der Waals surface area (Å²) in [7, 11) is 1.51. The first-order chi connectivity index (χ1) is 8.20. The predicted molar refractivity (Wildman–Crippen MR) is 63.6 cm³/mol. The first-order valence-electron chi connectivity index (χ1n) is 5.30. The summed E-state index contributed by atoms with van der Waals surface area (Å²) >= 11 is 0. The van der Waals surface area contributed by atoms with Crippen LogP contribution in [0.3, 0.4) is 0 Å². The molecule has 0 saturated heterocycles. The van der Waals surface area contributed by atoms with Gasteiger partial charge in [-0.05, 0) is 25.1 Å². The molecule has 0 bridgehead atoms. The van der Waals surface area contributed by atoms with Gasteiger partial charge in [0.15, 0.2) is 0 Å². The second kappa shape index (κ2) is 4.86. The molecule has 1 heterocycles. The number of ether oxygens (including phenoxy) is 1. The number of halogens is 1. The van der Waals surface area contributed by atoms with Gasteiger partial charge in [0, 0.05) is 12.3 Å². The highest BCUT2D eigenvalue weighted by molar-refractivity contribution is 5.57. The van der Waals surface area contributed by atoms with Crippen molar-refractivity contribution in [2.24, 2.45) is 0 Å². The lowest BCUT2D eigenvalue weighted by molar-refractivity contribution is 0.412. The van der Waals surface area contributed by atoms with E-state index in [1.807, 2.05) is 13.0 Å². The summed E-state index contributed by atoms with van der Waals surface area (Å²) in [6, 6.07) is 6.32. The van der Waals surface area contributed by atoms with E-state index < -0.39 is 0 Å². The zero-order valence-corrected chi connectivity index (χ0v) is 9.70. The summed E-state index contributed by atoms with van der Waals surface area (Å²) < 4.78 is 18.1. The highest BCUT2D eigenvalue weighted by atomic mass is 19.1. The van der Waals surface area contributed by atoms with Crippen molar-refractivity contribution < 1.29 is 9.13 Å². The molecule has 2 rings (SSSR count). The van der Waals surface area contributed by atoms with Gasteiger partial charge in [-0.1, -0.05) is 0 Å². The fourth-order valence-corrected chi connectivity index (χ4v) is 1.60. The van der Waals surface area contributed by atoms with Crippen LogP contribution in [0.1, 0.15) is 18.7 Å². The van der Waals surface area contributed by atoms with Crippen molar-refractivity contribution in [1.29, 1.82) is 0 Å². The molecule has 2 aromatic rings. The minimum Gasteiger partial charge on any atom is -0.494 e. The molecule has 90 valence electrons. The maximum Gasteiger partial charge on any atom is 0.144 e. The van der Waals surface area contributed by atoms with Gasteiger partial charge in [0.05, 0.1) is 24.5 Å². The minimum absolute atomic E-state index is 0.0388. The van der Waals surface area contributed by atoms with E-state index in [1.54, 1.807) is 12.3 Å². The quantitative estimate of drug-likeness (QED) is 0.856. The van der Waals surface area contributed by atoms with Crippen LogP contribution in [0, 0.1) is 5.82 Å². The number of anilines is 1. The van der Waals surface area contributed by atoms with Crippen LogP contribution in [0.25, 0.3) is 0 Å². The van der Waals surface area contributed by atoms with Crippen molar-refractivity contribution in [2.45, 2.75) is 13.0 Å². The Balaban J connectivity index is 2.18. The first-order valence-corrected chi connectivity index (χ1v) is 5.30. The largest absolute Gasteiger partial charge is 0.494 e. The zero-order chi connectivity index (χ0) is 12.3. The number of hydrogen-bond donors (Lipinski definition) is 2.